The van der Waals surface area contributed by atoms with E-state index in [1.165, 1.54) is 0 Å². The molecule has 0 saturated carbocycles. The number of benzene rings is 2. The first-order valence-electron chi connectivity index (χ1n) is 6.89. The van der Waals surface area contributed by atoms with Crippen molar-refractivity contribution < 1.29 is 9.15 Å². The van der Waals surface area contributed by atoms with Gasteiger partial charge in [0.2, 0.25) is 0 Å². The molecule has 0 fully saturated rings. The molecule has 21 heavy (non-hydrogen) atoms. The highest BCUT2D eigenvalue weighted by atomic mass is 16.5. The molecule has 0 saturated heterocycles. The van der Waals surface area contributed by atoms with Crippen LogP contribution in [0.25, 0.3) is 11.1 Å². The Balaban J connectivity index is 1.46. The van der Waals surface area contributed by atoms with Crippen molar-refractivity contribution in [2.45, 2.75) is 6.42 Å². The molecule has 1 heterocycles. The van der Waals surface area contributed by atoms with Gasteiger partial charge in [-0.3, -0.25) is 0 Å². The molecule has 0 bridgehead atoms. The smallest absolute Gasteiger partial charge is 0.295 e. The zero-order chi connectivity index (χ0) is 14.5. The van der Waals surface area contributed by atoms with Crippen molar-refractivity contribution in [3.05, 3.63) is 48.5 Å². The van der Waals surface area contributed by atoms with Gasteiger partial charge in [-0.05, 0) is 30.7 Å². The SMILES string of the molecule is Nc1ccc2nc(NCCCOc3ccccc3)oc2c1. The van der Waals surface area contributed by atoms with E-state index in [9.17, 15) is 0 Å². The summed E-state index contributed by atoms with van der Waals surface area (Å²) in [6.07, 6.45) is 0.857. The number of para-hydroxylation sites is 1. The number of nitrogen functional groups attached to an aromatic ring is 1. The van der Waals surface area contributed by atoms with Crippen molar-refractivity contribution >= 4 is 22.8 Å². The summed E-state index contributed by atoms with van der Waals surface area (Å²) in [5, 5.41) is 3.14. The van der Waals surface area contributed by atoms with Crippen molar-refractivity contribution in [1.82, 2.24) is 4.98 Å². The third-order valence-electron chi connectivity index (χ3n) is 3.02. The van der Waals surface area contributed by atoms with E-state index in [-0.39, 0.29) is 0 Å². The lowest BCUT2D eigenvalue weighted by Crippen LogP contribution is -2.07. The quantitative estimate of drug-likeness (QED) is 0.536. The predicted octanol–water partition coefficient (Wildman–Crippen LogP) is 3.29. The average Bonchev–Trinajstić information content (AvgIpc) is 2.90. The minimum absolute atomic E-state index is 0.510. The second kappa shape index (κ2) is 6.17. The number of aromatic nitrogens is 1. The largest absolute Gasteiger partial charge is 0.494 e. The number of oxazole rings is 1. The number of ether oxygens (including phenoxy) is 1. The van der Waals surface area contributed by atoms with Gasteiger partial charge >= 0.3 is 0 Å². The Morgan fingerprint density at radius 1 is 1.14 bits per heavy atom. The van der Waals surface area contributed by atoms with E-state index in [4.69, 9.17) is 14.9 Å². The van der Waals surface area contributed by atoms with Gasteiger partial charge in [-0.25, -0.2) is 0 Å². The maximum absolute atomic E-state index is 5.70. The number of anilines is 2. The van der Waals surface area contributed by atoms with Crippen LogP contribution in [0.5, 0.6) is 5.75 Å². The van der Waals surface area contributed by atoms with Gasteiger partial charge in [-0.1, -0.05) is 18.2 Å². The van der Waals surface area contributed by atoms with Crippen LogP contribution in [0.3, 0.4) is 0 Å². The first kappa shape index (κ1) is 13.3. The fourth-order valence-electron chi connectivity index (χ4n) is 1.99. The standard InChI is InChI=1S/C16H17N3O2/c17-12-7-8-14-15(11-12)21-16(19-14)18-9-4-10-20-13-5-2-1-3-6-13/h1-3,5-8,11H,4,9-10,17H2,(H,18,19). The van der Waals surface area contributed by atoms with Crippen LogP contribution >= 0.6 is 0 Å². The number of hydrogen-bond acceptors (Lipinski definition) is 5. The molecule has 0 spiro atoms. The molecule has 0 atom stereocenters. The highest BCUT2D eigenvalue weighted by molar-refractivity contribution is 5.78. The van der Waals surface area contributed by atoms with Crippen LogP contribution in [-0.2, 0) is 0 Å². The van der Waals surface area contributed by atoms with Crippen LogP contribution in [0.4, 0.5) is 11.7 Å². The summed E-state index contributed by atoms with van der Waals surface area (Å²) in [4.78, 5) is 4.34. The van der Waals surface area contributed by atoms with Gasteiger partial charge in [-0.15, -0.1) is 0 Å². The lowest BCUT2D eigenvalue weighted by Gasteiger charge is -2.05. The van der Waals surface area contributed by atoms with Gasteiger partial charge in [-0.2, -0.15) is 4.98 Å². The van der Waals surface area contributed by atoms with Crippen molar-refractivity contribution in [2.24, 2.45) is 0 Å². The maximum Gasteiger partial charge on any atom is 0.295 e. The molecule has 5 nitrogen and oxygen atoms in total. The van der Waals surface area contributed by atoms with Crippen LogP contribution in [-0.4, -0.2) is 18.1 Å². The molecule has 1 aromatic heterocycles. The Morgan fingerprint density at radius 3 is 2.86 bits per heavy atom. The Bertz CT molecular complexity index is 710. The second-order valence-corrected chi connectivity index (χ2v) is 4.69. The molecule has 3 N–H and O–H groups in total. The predicted molar refractivity (Wildman–Crippen MR) is 83.5 cm³/mol. The Labute approximate surface area is 122 Å². The van der Waals surface area contributed by atoms with Gasteiger partial charge in [0.15, 0.2) is 5.58 Å². The molecular weight excluding hydrogens is 266 g/mol. The lowest BCUT2D eigenvalue weighted by atomic mass is 10.3. The molecule has 0 aliphatic rings. The van der Waals surface area contributed by atoms with Crippen molar-refractivity contribution in [1.29, 1.82) is 0 Å². The van der Waals surface area contributed by atoms with Crippen LogP contribution in [0, 0.1) is 0 Å². The highest BCUT2D eigenvalue weighted by Crippen LogP contribution is 2.20. The Morgan fingerprint density at radius 2 is 2.00 bits per heavy atom. The van der Waals surface area contributed by atoms with Crippen molar-refractivity contribution in [3.63, 3.8) is 0 Å². The fraction of sp³-hybridized carbons (Fsp3) is 0.188. The number of nitrogens with zero attached hydrogens (tertiary/aromatic N) is 1. The summed E-state index contributed by atoms with van der Waals surface area (Å²) in [5.74, 6) is 0.884. The van der Waals surface area contributed by atoms with Crippen LogP contribution in [0.1, 0.15) is 6.42 Å². The summed E-state index contributed by atoms with van der Waals surface area (Å²) in [5.41, 5.74) is 7.86. The van der Waals surface area contributed by atoms with Gasteiger partial charge in [0.1, 0.15) is 11.3 Å². The third-order valence-corrected chi connectivity index (χ3v) is 3.02. The summed E-state index contributed by atoms with van der Waals surface area (Å²) in [6.45, 7) is 1.37. The monoisotopic (exact) mass is 283 g/mol. The summed E-state index contributed by atoms with van der Waals surface area (Å²) in [6, 6.07) is 15.7. The minimum atomic E-state index is 0.510. The van der Waals surface area contributed by atoms with Gasteiger partial charge in [0.25, 0.3) is 6.01 Å². The van der Waals surface area contributed by atoms with E-state index < -0.39 is 0 Å². The molecule has 0 amide bonds. The number of hydrogen-bond donors (Lipinski definition) is 2. The van der Waals surface area contributed by atoms with Gasteiger partial charge in [0, 0.05) is 18.3 Å². The van der Waals surface area contributed by atoms with Gasteiger partial charge in [0.05, 0.1) is 6.61 Å². The minimum Gasteiger partial charge on any atom is -0.494 e. The summed E-state index contributed by atoms with van der Waals surface area (Å²) in [7, 11) is 0. The van der Waals surface area contributed by atoms with E-state index in [0.29, 0.717) is 23.9 Å². The number of nitrogens with one attached hydrogen (secondary N) is 1. The molecule has 0 radical (unpaired) electrons. The van der Waals surface area contributed by atoms with E-state index in [2.05, 4.69) is 10.3 Å². The fourth-order valence-corrected chi connectivity index (χ4v) is 1.99. The lowest BCUT2D eigenvalue weighted by molar-refractivity contribution is 0.314. The molecule has 0 aliphatic heterocycles. The van der Waals surface area contributed by atoms with E-state index >= 15 is 0 Å². The van der Waals surface area contributed by atoms with Gasteiger partial charge < -0.3 is 20.2 Å². The van der Waals surface area contributed by atoms with Crippen molar-refractivity contribution in [3.8, 4) is 5.75 Å². The number of fused-ring (bicyclic) bond motifs is 1. The van der Waals surface area contributed by atoms with Crippen LogP contribution < -0.4 is 15.8 Å². The average molecular weight is 283 g/mol. The molecule has 2 aromatic carbocycles. The third kappa shape index (κ3) is 3.45. The van der Waals surface area contributed by atoms with E-state index in [0.717, 1.165) is 24.2 Å². The Hall–Kier alpha value is -2.69. The Kier molecular flexibility index (Phi) is 3.91. The number of rotatable bonds is 6. The van der Waals surface area contributed by atoms with Crippen molar-refractivity contribution in [2.75, 3.05) is 24.2 Å². The van der Waals surface area contributed by atoms with E-state index in [1.54, 1.807) is 6.07 Å². The zero-order valence-corrected chi connectivity index (χ0v) is 11.6. The zero-order valence-electron chi connectivity index (χ0n) is 11.6. The topological polar surface area (TPSA) is 73.3 Å². The normalized spacial score (nSPS) is 10.7. The molecule has 108 valence electrons. The molecule has 3 aromatic rings. The molecule has 3 rings (SSSR count). The molecule has 0 aliphatic carbocycles. The summed E-state index contributed by atoms with van der Waals surface area (Å²) >= 11 is 0. The highest BCUT2D eigenvalue weighted by Gasteiger charge is 2.04. The first-order chi connectivity index (χ1) is 10.3. The number of nitrogens with two attached hydrogens (primary N) is 1. The molecular formula is C16H17N3O2. The molecule has 5 heteroatoms. The van der Waals surface area contributed by atoms with Crippen LogP contribution in [0.15, 0.2) is 52.9 Å². The second-order valence-electron chi connectivity index (χ2n) is 4.69. The first-order valence-corrected chi connectivity index (χ1v) is 6.89. The van der Waals surface area contributed by atoms with Crippen LogP contribution in [0.2, 0.25) is 0 Å². The maximum atomic E-state index is 5.70. The molecule has 0 unspecified atom stereocenters. The summed E-state index contributed by atoms with van der Waals surface area (Å²) < 4.78 is 11.2. The van der Waals surface area contributed by atoms with E-state index in [1.807, 2.05) is 42.5 Å².